The number of nitrogens with one attached hydrogen (secondary N) is 1. The molecule has 0 aliphatic heterocycles. The van der Waals surface area contributed by atoms with E-state index >= 15 is 0 Å². The summed E-state index contributed by atoms with van der Waals surface area (Å²) in [6.45, 7) is 2.17. The van der Waals surface area contributed by atoms with Crippen molar-refractivity contribution in [3.63, 3.8) is 0 Å². The van der Waals surface area contributed by atoms with Gasteiger partial charge in [-0.3, -0.25) is 0 Å². The van der Waals surface area contributed by atoms with E-state index in [2.05, 4.69) is 46.4 Å². The number of halogens is 1. The van der Waals surface area contributed by atoms with Gasteiger partial charge in [-0.1, -0.05) is 22.4 Å². The van der Waals surface area contributed by atoms with Crippen molar-refractivity contribution in [1.82, 2.24) is 0 Å². The molecule has 19 heavy (non-hydrogen) atoms. The third-order valence-electron chi connectivity index (χ3n) is 5.94. The van der Waals surface area contributed by atoms with E-state index in [9.17, 15) is 0 Å². The van der Waals surface area contributed by atoms with Crippen molar-refractivity contribution in [1.29, 1.82) is 0 Å². The van der Waals surface area contributed by atoms with Gasteiger partial charge in [0, 0.05) is 16.2 Å². The van der Waals surface area contributed by atoms with Crippen LogP contribution in [0.25, 0.3) is 0 Å². The summed E-state index contributed by atoms with van der Waals surface area (Å²) in [5.74, 6) is 4.13. The molecule has 0 saturated heterocycles. The van der Waals surface area contributed by atoms with Crippen molar-refractivity contribution < 1.29 is 0 Å². The Morgan fingerprint density at radius 3 is 2.79 bits per heavy atom. The topological polar surface area (TPSA) is 12.0 Å². The normalized spacial score (nSPS) is 39.6. The van der Waals surface area contributed by atoms with Gasteiger partial charge in [0.1, 0.15) is 0 Å². The van der Waals surface area contributed by atoms with Gasteiger partial charge < -0.3 is 5.32 Å². The van der Waals surface area contributed by atoms with Crippen LogP contribution in [0.5, 0.6) is 0 Å². The highest BCUT2D eigenvalue weighted by Crippen LogP contribution is 2.59. The highest BCUT2D eigenvalue weighted by molar-refractivity contribution is 9.10. The third kappa shape index (κ3) is 1.94. The molecule has 1 nitrogen and oxygen atoms in total. The Balaban J connectivity index is 1.51. The zero-order chi connectivity index (χ0) is 13.0. The molecule has 102 valence electrons. The predicted octanol–water partition coefficient (Wildman–Crippen LogP) is 4.99. The van der Waals surface area contributed by atoms with Crippen LogP contribution in [0.15, 0.2) is 22.7 Å². The van der Waals surface area contributed by atoms with Gasteiger partial charge in [0.25, 0.3) is 0 Å². The monoisotopic (exact) mass is 319 g/mol. The zero-order valence-corrected chi connectivity index (χ0v) is 13.1. The average Bonchev–Trinajstić information content (AvgIpc) is 3.05. The van der Waals surface area contributed by atoms with E-state index in [0.29, 0.717) is 0 Å². The lowest BCUT2D eigenvalue weighted by Gasteiger charge is -2.32. The fourth-order valence-electron chi connectivity index (χ4n) is 5.18. The SMILES string of the molecule is Cc1cc(NC2CC3CC2C2CCCC32)ccc1Br. The summed E-state index contributed by atoms with van der Waals surface area (Å²) in [7, 11) is 0. The Kier molecular flexibility index (Phi) is 2.91. The summed E-state index contributed by atoms with van der Waals surface area (Å²) in [5, 5.41) is 3.83. The van der Waals surface area contributed by atoms with E-state index in [-0.39, 0.29) is 0 Å². The van der Waals surface area contributed by atoms with E-state index in [1.807, 2.05) is 0 Å². The van der Waals surface area contributed by atoms with Crippen LogP contribution in [0.3, 0.4) is 0 Å². The summed E-state index contributed by atoms with van der Waals surface area (Å²) in [4.78, 5) is 0. The van der Waals surface area contributed by atoms with Crippen LogP contribution < -0.4 is 5.32 Å². The number of aryl methyl sites for hydroxylation is 1. The molecule has 0 spiro atoms. The number of benzene rings is 1. The van der Waals surface area contributed by atoms with Crippen LogP contribution >= 0.6 is 15.9 Å². The lowest BCUT2D eigenvalue weighted by atomic mass is 9.79. The quantitative estimate of drug-likeness (QED) is 0.809. The number of rotatable bonds is 2. The number of hydrogen-bond donors (Lipinski definition) is 1. The Bertz CT molecular complexity index is 498. The van der Waals surface area contributed by atoms with Crippen molar-refractivity contribution >= 4 is 21.6 Å². The zero-order valence-electron chi connectivity index (χ0n) is 11.5. The fraction of sp³-hybridized carbons (Fsp3) is 0.647. The summed E-state index contributed by atoms with van der Waals surface area (Å²) in [6, 6.07) is 7.41. The summed E-state index contributed by atoms with van der Waals surface area (Å²) >= 11 is 3.58. The highest BCUT2D eigenvalue weighted by Gasteiger charge is 2.53. The maximum atomic E-state index is 3.83. The van der Waals surface area contributed by atoms with Crippen molar-refractivity contribution in [3.8, 4) is 0 Å². The second kappa shape index (κ2) is 4.51. The Morgan fingerprint density at radius 1 is 1.11 bits per heavy atom. The van der Waals surface area contributed by atoms with Gasteiger partial charge in [-0.25, -0.2) is 0 Å². The number of hydrogen-bond acceptors (Lipinski definition) is 1. The molecule has 5 atom stereocenters. The van der Waals surface area contributed by atoms with Crippen molar-refractivity contribution in [2.75, 3.05) is 5.32 Å². The van der Waals surface area contributed by atoms with Crippen LogP contribution in [-0.2, 0) is 0 Å². The molecule has 3 aliphatic carbocycles. The molecule has 2 heteroatoms. The molecule has 0 amide bonds. The van der Waals surface area contributed by atoms with Crippen LogP contribution in [0.4, 0.5) is 5.69 Å². The van der Waals surface area contributed by atoms with E-state index in [1.54, 1.807) is 0 Å². The molecule has 1 aromatic carbocycles. The smallest absolute Gasteiger partial charge is 0.0345 e. The van der Waals surface area contributed by atoms with Gasteiger partial charge in [0.15, 0.2) is 0 Å². The minimum atomic E-state index is 0.741. The van der Waals surface area contributed by atoms with E-state index < -0.39 is 0 Å². The molecule has 0 radical (unpaired) electrons. The molecule has 0 heterocycles. The van der Waals surface area contributed by atoms with Crippen LogP contribution in [0.2, 0.25) is 0 Å². The molecule has 0 aromatic heterocycles. The number of anilines is 1. The third-order valence-corrected chi connectivity index (χ3v) is 6.83. The van der Waals surface area contributed by atoms with E-state index in [4.69, 9.17) is 0 Å². The molecule has 1 aromatic rings. The molecule has 3 saturated carbocycles. The minimum absolute atomic E-state index is 0.741. The number of fused-ring (bicyclic) bond motifs is 5. The lowest BCUT2D eigenvalue weighted by Crippen LogP contribution is -2.33. The Morgan fingerprint density at radius 2 is 1.95 bits per heavy atom. The molecule has 1 N–H and O–H groups in total. The Labute approximate surface area is 124 Å². The molecule has 3 aliphatic rings. The standard InChI is InChI=1S/C17H22BrN/c1-10-7-12(5-6-16(10)18)19-17-9-11-8-15(17)14-4-2-3-13(11)14/h5-7,11,13-15,17,19H,2-4,8-9H2,1H3. The van der Waals surface area contributed by atoms with Crippen molar-refractivity contribution in [2.45, 2.75) is 45.1 Å². The Hall–Kier alpha value is -0.500. The maximum Gasteiger partial charge on any atom is 0.0345 e. The molecule has 2 bridgehead atoms. The van der Waals surface area contributed by atoms with Crippen molar-refractivity contribution in [3.05, 3.63) is 28.2 Å². The fourth-order valence-corrected chi connectivity index (χ4v) is 5.43. The lowest BCUT2D eigenvalue weighted by molar-refractivity contribution is 0.243. The first kappa shape index (κ1) is 12.3. The van der Waals surface area contributed by atoms with Gasteiger partial charge in [0.2, 0.25) is 0 Å². The van der Waals surface area contributed by atoms with Gasteiger partial charge in [-0.15, -0.1) is 0 Å². The summed E-state index contributed by atoms with van der Waals surface area (Å²) < 4.78 is 1.21. The van der Waals surface area contributed by atoms with Gasteiger partial charge in [0.05, 0.1) is 0 Å². The van der Waals surface area contributed by atoms with Crippen LogP contribution in [-0.4, -0.2) is 6.04 Å². The van der Waals surface area contributed by atoms with Gasteiger partial charge >= 0.3 is 0 Å². The first-order valence-electron chi connectivity index (χ1n) is 7.75. The van der Waals surface area contributed by atoms with Crippen LogP contribution in [0.1, 0.15) is 37.7 Å². The predicted molar refractivity (Wildman–Crippen MR) is 83.3 cm³/mol. The van der Waals surface area contributed by atoms with E-state index in [1.165, 1.54) is 47.8 Å². The molecule has 3 fully saturated rings. The first-order valence-corrected chi connectivity index (χ1v) is 8.54. The van der Waals surface area contributed by atoms with Gasteiger partial charge in [-0.2, -0.15) is 0 Å². The molecular formula is C17H22BrN. The molecule has 5 unspecified atom stereocenters. The average molecular weight is 320 g/mol. The van der Waals surface area contributed by atoms with Crippen LogP contribution in [0, 0.1) is 30.6 Å². The van der Waals surface area contributed by atoms with Crippen molar-refractivity contribution in [2.24, 2.45) is 23.7 Å². The van der Waals surface area contributed by atoms with E-state index in [0.717, 1.165) is 29.7 Å². The largest absolute Gasteiger partial charge is 0.382 e. The molecular weight excluding hydrogens is 298 g/mol. The second-order valence-electron chi connectivity index (χ2n) is 6.87. The van der Waals surface area contributed by atoms with Gasteiger partial charge in [-0.05, 0) is 80.0 Å². The molecule has 4 rings (SSSR count). The summed E-state index contributed by atoms with van der Waals surface area (Å²) in [5.41, 5.74) is 2.64. The first-order chi connectivity index (χ1) is 9.22. The maximum absolute atomic E-state index is 3.83. The summed E-state index contributed by atoms with van der Waals surface area (Å²) in [6.07, 6.45) is 7.44. The minimum Gasteiger partial charge on any atom is -0.382 e. The highest BCUT2D eigenvalue weighted by atomic mass is 79.9. The second-order valence-corrected chi connectivity index (χ2v) is 7.72.